The van der Waals surface area contributed by atoms with Gasteiger partial charge in [-0.05, 0) is 73.7 Å². The van der Waals surface area contributed by atoms with E-state index in [1.54, 1.807) is 12.1 Å². The number of fused-ring (bicyclic) bond motifs is 4. The molecule has 0 spiro atoms. The average Bonchev–Trinajstić information content (AvgIpc) is 3.26. The zero-order valence-corrected chi connectivity index (χ0v) is 24.3. The Kier molecular flexibility index (Phi) is 6.72. The number of carbonyl (C=O) groups is 4. The van der Waals surface area contributed by atoms with E-state index in [1.165, 1.54) is 31.4 Å². The number of phenolic OH excluding ortho intramolecular Hbond substituents is 1. The van der Waals surface area contributed by atoms with E-state index in [2.05, 4.69) is 0 Å². The molecular formula is C34H23F6NO6. The molecule has 13 heteroatoms. The molecule has 0 radical (unpaired) electrons. The number of imide groups is 1. The van der Waals surface area contributed by atoms with Crippen LogP contribution in [0.25, 0.3) is 0 Å². The zero-order chi connectivity index (χ0) is 33.7. The van der Waals surface area contributed by atoms with E-state index in [9.17, 15) is 50.6 Å². The van der Waals surface area contributed by atoms with E-state index in [4.69, 9.17) is 4.74 Å². The fourth-order valence-electron chi connectivity index (χ4n) is 7.49. The van der Waals surface area contributed by atoms with Crippen molar-refractivity contribution >= 4 is 29.1 Å². The van der Waals surface area contributed by atoms with Crippen LogP contribution in [0.3, 0.4) is 0 Å². The fraction of sp³-hybridized carbons (Fsp3) is 0.294. The van der Waals surface area contributed by atoms with Crippen molar-refractivity contribution in [1.29, 1.82) is 0 Å². The van der Waals surface area contributed by atoms with Gasteiger partial charge in [-0.1, -0.05) is 11.6 Å². The van der Waals surface area contributed by atoms with Crippen LogP contribution in [0.1, 0.15) is 36.5 Å². The summed E-state index contributed by atoms with van der Waals surface area (Å²) < 4.78 is 87.8. The van der Waals surface area contributed by atoms with Crippen molar-refractivity contribution in [1.82, 2.24) is 0 Å². The van der Waals surface area contributed by atoms with Crippen LogP contribution in [-0.4, -0.2) is 28.5 Å². The molecule has 0 bridgehead atoms. The number of carbonyl (C=O) groups excluding carboxylic acids is 4. The molecule has 2 aliphatic heterocycles. The maximum absolute atomic E-state index is 14.0. The molecule has 4 atom stereocenters. The van der Waals surface area contributed by atoms with Crippen LogP contribution in [0.5, 0.6) is 11.5 Å². The number of phenols is 1. The Morgan fingerprint density at radius 2 is 1.57 bits per heavy atom. The van der Waals surface area contributed by atoms with E-state index in [0.29, 0.717) is 39.5 Å². The molecule has 0 aromatic heterocycles. The Bertz CT molecular complexity index is 1920. The molecule has 1 saturated heterocycles. The summed E-state index contributed by atoms with van der Waals surface area (Å²) in [6.45, 7) is 1.50. The van der Waals surface area contributed by atoms with Crippen molar-refractivity contribution in [3.05, 3.63) is 99.4 Å². The number of amides is 2. The first-order valence-corrected chi connectivity index (χ1v) is 14.6. The molecule has 47 heavy (non-hydrogen) atoms. The SMILES string of the molecule is CC1=CC(=O)C2=C(C1=O)C(C1=COc3ccc(O)cc3C1)C1=CCC3C(=O)N(c4cc(C(F)(F)F)cc(C(F)(F)F)c4)C(=O)C3C1C2. The van der Waals surface area contributed by atoms with Crippen LogP contribution < -0.4 is 9.64 Å². The normalized spacial score (nSPS) is 25.8. The maximum Gasteiger partial charge on any atom is 0.416 e. The number of halogens is 6. The van der Waals surface area contributed by atoms with Gasteiger partial charge in [0.05, 0.1) is 34.9 Å². The summed E-state index contributed by atoms with van der Waals surface area (Å²) in [7, 11) is 0. The number of hydrogen-bond acceptors (Lipinski definition) is 6. The number of ketones is 2. The van der Waals surface area contributed by atoms with E-state index in [1.807, 2.05) is 0 Å². The number of ether oxygens (including phenoxy) is 1. The number of aromatic hydroxyl groups is 1. The fourth-order valence-corrected chi connectivity index (χ4v) is 7.49. The molecule has 1 fully saturated rings. The number of benzene rings is 2. The lowest BCUT2D eigenvalue weighted by Gasteiger charge is -2.43. The summed E-state index contributed by atoms with van der Waals surface area (Å²) in [6, 6.07) is 5.09. The highest BCUT2D eigenvalue weighted by Crippen LogP contribution is 2.55. The summed E-state index contributed by atoms with van der Waals surface area (Å²) in [5.74, 6) is -6.47. The summed E-state index contributed by atoms with van der Waals surface area (Å²) >= 11 is 0. The van der Waals surface area contributed by atoms with Gasteiger partial charge in [0.2, 0.25) is 11.8 Å². The number of hydrogen-bond donors (Lipinski definition) is 1. The van der Waals surface area contributed by atoms with Crippen molar-refractivity contribution in [3.8, 4) is 11.5 Å². The predicted molar refractivity (Wildman–Crippen MR) is 152 cm³/mol. The lowest BCUT2D eigenvalue weighted by atomic mass is 9.58. The molecule has 3 aliphatic carbocycles. The molecule has 2 amide bonds. The number of alkyl halides is 6. The molecule has 0 saturated carbocycles. The minimum absolute atomic E-state index is 0.0316. The summed E-state index contributed by atoms with van der Waals surface area (Å²) in [6.07, 6.45) is -6.14. The van der Waals surface area contributed by atoms with Gasteiger partial charge in [0, 0.05) is 34.6 Å². The second-order valence-corrected chi connectivity index (χ2v) is 12.3. The van der Waals surface area contributed by atoms with Crippen molar-refractivity contribution in [2.75, 3.05) is 4.90 Å². The highest BCUT2D eigenvalue weighted by atomic mass is 19.4. The van der Waals surface area contributed by atoms with Crippen LogP contribution >= 0.6 is 0 Å². The van der Waals surface area contributed by atoms with Gasteiger partial charge in [0.25, 0.3) is 0 Å². The van der Waals surface area contributed by atoms with E-state index in [0.717, 1.165) is 0 Å². The van der Waals surface area contributed by atoms with Gasteiger partial charge in [-0.15, -0.1) is 0 Å². The number of anilines is 1. The maximum atomic E-state index is 14.0. The predicted octanol–water partition coefficient (Wildman–Crippen LogP) is 6.42. The molecule has 7 nitrogen and oxygen atoms in total. The number of Topliss-reactive ketones (excluding diaryl/α,β-unsaturated/α-hetero) is 1. The second kappa shape index (κ2) is 10.3. The van der Waals surface area contributed by atoms with Gasteiger partial charge in [-0.2, -0.15) is 26.3 Å². The Hall–Kier alpha value is -4.94. The van der Waals surface area contributed by atoms with Crippen molar-refractivity contribution in [3.63, 3.8) is 0 Å². The quantitative estimate of drug-likeness (QED) is 0.174. The average molecular weight is 656 g/mol. The number of rotatable bonds is 2. The monoisotopic (exact) mass is 655 g/mol. The van der Waals surface area contributed by atoms with Crippen LogP contribution in [0.2, 0.25) is 0 Å². The minimum Gasteiger partial charge on any atom is -0.508 e. The smallest absolute Gasteiger partial charge is 0.416 e. The van der Waals surface area contributed by atoms with Gasteiger partial charge in [0.1, 0.15) is 11.5 Å². The van der Waals surface area contributed by atoms with Gasteiger partial charge >= 0.3 is 12.4 Å². The van der Waals surface area contributed by atoms with Crippen LogP contribution in [0, 0.1) is 23.7 Å². The van der Waals surface area contributed by atoms with Gasteiger partial charge in [0.15, 0.2) is 11.6 Å². The Morgan fingerprint density at radius 1 is 0.894 bits per heavy atom. The largest absolute Gasteiger partial charge is 0.508 e. The highest BCUT2D eigenvalue weighted by molar-refractivity contribution is 6.25. The number of allylic oxidation sites excluding steroid dienone is 7. The third-order valence-electron chi connectivity index (χ3n) is 9.54. The third kappa shape index (κ3) is 4.82. The molecular weight excluding hydrogens is 632 g/mol. The van der Waals surface area contributed by atoms with E-state index < -0.39 is 76.2 Å². The first kappa shape index (κ1) is 30.7. The van der Waals surface area contributed by atoms with Gasteiger partial charge in [-0.25, -0.2) is 4.90 Å². The summed E-state index contributed by atoms with van der Waals surface area (Å²) in [5, 5.41) is 10.1. The third-order valence-corrected chi connectivity index (χ3v) is 9.54. The summed E-state index contributed by atoms with van der Waals surface area (Å²) in [4.78, 5) is 55.0. The van der Waals surface area contributed by atoms with Gasteiger partial charge in [-0.3, -0.25) is 19.2 Å². The molecule has 1 N–H and O–H groups in total. The number of nitrogens with zero attached hydrogens (tertiary/aromatic N) is 1. The summed E-state index contributed by atoms with van der Waals surface area (Å²) in [5.41, 5.74) is -2.04. The van der Waals surface area contributed by atoms with Crippen molar-refractivity contribution < 1.29 is 55.4 Å². The Labute approximate surface area is 262 Å². The molecule has 4 unspecified atom stereocenters. The van der Waals surface area contributed by atoms with Crippen LogP contribution in [0.15, 0.2) is 82.7 Å². The zero-order valence-electron chi connectivity index (χ0n) is 24.3. The lowest BCUT2D eigenvalue weighted by Crippen LogP contribution is -2.41. The Balaban J connectivity index is 1.32. The molecule has 7 rings (SSSR count). The van der Waals surface area contributed by atoms with Crippen LogP contribution in [-0.2, 0) is 38.0 Å². The minimum atomic E-state index is -5.20. The van der Waals surface area contributed by atoms with Crippen molar-refractivity contribution in [2.24, 2.45) is 23.7 Å². The molecule has 2 aromatic carbocycles. The van der Waals surface area contributed by atoms with Crippen molar-refractivity contribution in [2.45, 2.75) is 38.5 Å². The highest BCUT2D eigenvalue weighted by Gasteiger charge is 2.57. The van der Waals surface area contributed by atoms with Crippen LogP contribution in [0.4, 0.5) is 32.0 Å². The van der Waals surface area contributed by atoms with E-state index >= 15 is 0 Å². The van der Waals surface area contributed by atoms with Gasteiger partial charge < -0.3 is 9.84 Å². The molecule has 2 aromatic rings. The van der Waals surface area contributed by atoms with E-state index in [-0.39, 0.29) is 47.8 Å². The standard InChI is InChI=1S/C34H23F6NO6/c1-14-6-25(43)24-12-23-21(27(29(24)30(14)44)16-7-15-8-20(42)2-5-26(15)47-13-16)3-4-22-28(23)32(46)41(31(22)45)19-10-17(33(35,36)37)9-18(11-19)34(38,39)40/h2-3,5-6,8-11,13,22-23,27-28,42H,4,7,12H2,1H3. The first-order chi connectivity index (χ1) is 22.0. The molecule has 5 aliphatic rings. The second-order valence-electron chi connectivity index (χ2n) is 12.3. The Morgan fingerprint density at radius 3 is 2.23 bits per heavy atom. The lowest BCUT2D eigenvalue weighted by molar-refractivity contribution is -0.143. The molecule has 242 valence electrons. The molecule has 2 heterocycles. The first-order valence-electron chi connectivity index (χ1n) is 14.6. The topological polar surface area (TPSA) is 101 Å².